The first kappa shape index (κ1) is 11.3. The van der Waals surface area contributed by atoms with Crippen molar-refractivity contribution in [1.82, 2.24) is 10.2 Å². The van der Waals surface area contributed by atoms with Gasteiger partial charge in [-0.15, -0.1) is 0 Å². The van der Waals surface area contributed by atoms with Crippen molar-refractivity contribution in [2.24, 2.45) is 0 Å². The van der Waals surface area contributed by atoms with Gasteiger partial charge >= 0.3 is 0 Å². The van der Waals surface area contributed by atoms with Gasteiger partial charge in [-0.05, 0) is 24.1 Å². The lowest BCUT2D eigenvalue weighted by molar-refractivity contribution is 0.414. The predicted octanol–water partition coefficient (Wildman–Crippen LogP) is 1.66. The molecule has 17 heavy (non-hydrogen) atoms. The molecule has 5 heteroatoms. The van der Waals surface area contributed by atoms with E-state index >= 15 is 0 Å². The highest BCUT2D eigenvalue weighted by molar-refractivity contribution is 5.59. The summed E-state index contributed by atoms with van der Waals surface area (Å²) < 4.78 is 5.10. The zero-order chi connectivity index (χ0) is 12.1. The Balaban J connectivity index is 1.83. The Kier molecular flexibility index (Phi) is 3.49. The van der Waals surface area contributed by atoms with E-state index in [1.165, 1.54) is 5.56 Å². The summed E-state index contributed by atoms with van der Waals surface area (Å²) >= 11 is 0. The fourth-order valence-corrected chi connectivity index (χ4v) is 1.57. The third kappa shape index (κ3) is 2.90. The molecule has 0 spiro atoms. The molecule has 0 amide bonds. The van der Waals surface area contributed by atoms with Crippen molar-refractivity contribution in [2.75, 3.05) is 24.7 Å². The van der Waals surface area contributed by atoms with Crippen LogP contribution in [0.5, 0.6) is 5.75 Å². The van der Waals surface area contributed by atoms with E-state index < -0.39 is 0 Å². The number of nitrogens with two attached hydrogens (primary N) is 1. The Morgan fingerprint density at radius 3 is 2.71 bits per heavy atom. The molecular formula is C12H16N4O. The molecule has 0 aliphatic rings. The van der Waals surface area contributed by atoms with E-state index in [2.05, 4.69) is 27.6 Å². The fourth-order valence-electron chi connectivity index (χ4n) is 1.57. The van der Waals surface area contributed by atoms with E-state index in [0.29, 0.717) is 5.82 Å². The lowest BCUT2D eigenvalue weighted by atomic mass is 10.1. The summed E-state index contributed by atoms with van der Waals surface area (Å²) in [4.78, 5) is 0. The van der Waals surface area contributed by atoms with Crippen LogP contribution in [0, 0.1) is 0 Å². The first-order chi connectivity index (χ1) is 8.29. The number of aromatic amines is 1. The molecule has 0 fully saturated rings. The second kappa shape index (κ2) is 5.25. The molecule has 0 bridgehead atoms. The summed E-state index contributed by atoms with van der Waals surface area (Å²) in [6, 6.07) is 8.03. The molecular weight excluding hydrogens is 216 g/mol. The predicted molar refractivity (Wildman–Crippen MR) is 68.2 cm³/mol. The second-order valence-electron chi connectivity index (χ2n) is 3.72. The maximum absolute atomic E-state index is 5.66. The summed E-state index contributed by atoms with van der Waals surface area (Å²) in [5, 5.41) is 9.74. The summed E-state index contributed by atoms with van der Waals surface area (Å²) in [7, 11) is 1.66. The molecule has 1 aromatic heterocycles. The third-order valence-corrected chi connectivity index (χ3v) is 2.56. The minimum absolute atomic E-state index is 0.569. The zero-order valence-corrected chi connectivity index (χ0v) is 9.73. The van der Waals surface area contributed by atoms with Crippen molar-refractivity contribution in [3.05, 3.63) is 36.0 Å². The van der Waals surface area contributed by atoms with Crippen LogP contribution in [-0.2, 0) is 6.42 Å². The number of nitrogens with one attached hydrogen (secondary N) is 2. The number of aromatic nitrogens is 2. The monoisotopic (exact) mass is 232 g/mol. The van der Waals surface area contributed by atoms with Crippen LogP contribution in [0.2, 0.25) is 0 Å². The number of benzene rings is 1. The molecule has 0 aliphatic carbocycles. The smallest absolute Gasteiger partial charge is 0.142 e. The first-order valence-corrected chi connectivity index (χ1v) is 5.45. The van der Waals surface area contributed by atoms with Crippen molar-refractivity contribution in [3.8, 4) is 5.75 Å². The number of anilines is 2. The lowest BCUT2D eigenvalue weighted by Gasteiger charge is -2.05. The van der Waals surface area contributed by atoms with Crippen molar-refractivity contribution in [2.45, 2.75) is 6.42 Å². The van der Waals surface area contributed by atoms with Gasteiger partial charge in [0.1, 0.15) is 11.6 Å². The van der Waals surface area contributed by atoms with Gasteiger partial charge in [0.2, 0.25) is 0 Å². The van der Waals surface area contributed by atoms with Gasteiger partial charge in [0.05, 0.1) is 19.0 Å². The van der Waals surface area contributed by atoms with Crippen LogP contribution < -0.4 is 15.8 Å². The topological polar surface area (TPSA) is 76.0 Å². The van der Waals surface area contributed by atoms with E-state index in [4.69, 9.17) is 10.5 Å². The zero-order valence-electron chi connectivity index (χ0n) is 9.73. The molecule has 0 radical (unpaired) electrons. The van der Waals surface area contributed by atoms with E-state index in [1.807, 2.05) is 12.1 Å². The lowest BCUT2D eigenvalue weighted by Crippen LogP contribution is -2.05. The highest BCUT2D eigenvalue weighted by Gasteiger charge is 1.99. The average Bonchev–Trinajstić information content (AvgIpc) is 2.76. The molecule has 2 aromatic rings. The van der Waals surface area contributed by atoms with Crippen LogP contribution in [0.3, 0.4) is 0 Å². The van der Waals surface area contributed by atoms with Gasteiger partial charge < -0.3 is 15.8 Å². The van der Waals surface area contributed by atoms with E-state index in [1.54, 1.807) is 13.3 Å². The highest BCUT2D eigenvalue weighted by atomic mass is 16.5. The molecule has 4 N–H and O–H groups in total. The van der Waals surface area contributed by atoms with Gasteiger partial charge in [0.25, 0.3) is 0 Å². The first-order valence-electron chi connectivity index (χ1n) is 5.45. The van der Waals surface area contributed by atoms with Crippen LogP contribution in [0.15, 0.2) is 30.5 Å². The highest BCUT2D eigenvalue weighted by Crippen LogP contribution is 2.14. The maximum atomic E-state index is 5.66. The van der Waals surface area contributed by atoms with Crippen LogP contribution in [0.1, 0.15) is 5.56 Å². The number of H-pyrrole nitrogens is 1. The molecule has 0 aliphatic heterocycles. The summed E-state index contributed by atoms with van der Waals surface area (Å²) in [6.45, 7) is 0.816. The molecule has 1 aromatic carbocycles. The van der Waals surface area contributed by atoms with Gasteiger partial charge in [-0.2, -0.15) is 5.10 Å². The van der Waals surface area contributed by atoms with Gasteiger partial charge in [0.15, 0.2) is 0 Å². The van der Waals surface area contributed by atoms with E-state index in [0.717, 1.165) is 24.4 Å². The number of nitrogen functional groups attached to an aromatic ring is 1. The molecule has 1 heterocycles. The molecule has 0 unspecified atom stereocenters. The number of hydrogen-bond acceptors (Lipinski definition) is 4. The Morgan fingerprint density at radius 2 is 2.12 bits per heavy atom. The van der Waals surface area contributed by atoms with Gasteiger partial charge in [-0.3, -0.25) is 5.10 Å². The Labute approximate surface area is 100.0 Å². The van der Waals surface area contributed by atoms with Crippen molar-refractivity contribution in [1.29, 1.82) is 0 Å². The Hall–Kier alpha value is -2.17. The number of hydrogen-bond donors (Lipinski definition) is 3. The van der Waals surface area contributed by atoms with Gasteiger partial charge in [0, 0.05) is 6.54 Å². The Bertz CT molecular complexity index is 464. The molecule has 0 atom stereocenters. The quantitative estimate of drug-likeness (QED) is 0.732. The minimum Gasteiger partial charge on any atom is -0.497 e. The van der Waals surface area contributed by atoms with Crippen LogP contribution >= 0.6 is 0 Å². The number of nitrogens with zero attached hydrogens (tertiary/aromatic N) is 1. The number of ether oxygens (including phenoxy) is 1. The second-order valence-corrected chi connectivity index (χ2v) is 3.72. The van der Waals surface area contributed by atoms with Crippen molar-refractivity contribution < 1.29 is 4.74 Å². The normalized spacial score (nSPS) is 10.2. The summed E-state index contributed by atoms with van der Waals surface area (Å²) in [5.74, 6) is 1.44. The fraction of sp³-hybridized carbons (Fsp3) is 0.250. The Morgan fingerprint density at radius 1 is 1.35 bits per heavy atom. The number of methoxy groups -OCH3 is 1. The van der Waals surface area contributed by atoms with Crippen LogP contribution in [-0.4, -0.2) is 23.9 Å². The maximum Gasteiger partial charge on any atom is 0.142 e. The largest absolute Gasteiger partial charge is 0.497 e. The molecule has 90 valence electrons. The molecule has 2 rings (SSSR count). The van der Waals surface area contributed by atoms with Crippen LogP contribution in [0.25, 0.3) is 0 Å². The summed E-state index contributed by atoms with van der Waals surface area (Å²) in [6.07, 6.45) is 2.61. The summed E-state index contributed by atoms with van der Waals surface area (Å²) in [5.41, 5.74) is 7.76. The average molecular weight is 232 g/mol. The SMILES string of the molecule is COc1ccc(CCNc2cn[nH]c2N)cc1. The molecule has 0 saturated carbocycles. The van der Waals surface area contributed by atoms with Crippen LogP contribution in [0.4, 0.5) is 11.5 Å². The van der Waals surface area contributed by atoms with E-state index in [-0.39, 0.29) is 0 Å². The minimum atomic E-state index is 0.569. The third-order valence-electron chi connectivity index (χ3n) is 2.56. The van der Waals surface area contributed by atoms with E-state index in [9.17, 15) is 0 Å². The molecule has 5 nitrogen and oxygen atoms in total. The van der Waals surface area contributed by atoms with Gasteiger partial charge in [-0.25, -0.2) is 0 Å². The standard InChI is InChI=1S/C12H16N4O/c1-17-10-4-2-9(3-5-10)6-7-14-11-8-15-16-12(11)13/h2-5,8,14H,6-7H2,1H3,(H3,13,15,16). The van der Waals surface area contributed by atoms with Crippen molar-refractivity contribution >= 4 is 11.5 Å². The number of rotatable bonds is 5. The molecule has 0 saturated heterocycles. The van der Waals surface area contributed by atoms with Gasteiger partial charge in [-0.1, -0.05) is 12.1 Å². The van der Waals surface area contributed by atoms with Crippen molar-refractivity contribution in [3.63, 3.8) is 0 Å².